The van der Waals surface area contributed by atoms with E-state index >= 15 is 0 Å². The number of sulfone groups is 1. The van der Waals surface area contributed by atoms with Crippen LogP contribution in [-0.2, 0) is 20.8 Å². The van der Waals surface area contributed by atoms with Gasteiger partial charge in [-0.3, -0.25) is 9.78 Å². The van der Waals surface area contributed by atoms with E-state index < -0.39 is 27.7 Å². The van der Waals surface area contributed by atoms with Gasteiger partial charge in [0.15, 0.2) is 15.6 Å². The van der Waals surface area contributed by atoms with Crippen molar-refractivity contribution in [3.8, 4) is 6.07 Å². The molecule has 0 spiro atoms. The lowest BCUT2D eigenvalue weighted by Crippen LogP contribution is -2.25. The molecule has 0 saturated carbocycles. The van der Waals surface area contributed by atoms with Gasteiger partial charge < -0.3 is 10.6 Å². The first-order valence-corrected chi connectivity index (χ1v) is 11.3. The van der Waals surface area contributed by atoms with E-state index in [1.807, 2.05) is 6.07 Å². The maximum absolute atomic E-state index is 13.1. The van der Waals surface area contributed by atoms with E-state index in [-0.39, 0.29) is 45.9 Å². The summed E-state index contributed by atoms with van der Waals surface area (Å²) in [5.74, 6) is -0.326. The fraction of sp³-hybridized carbons (Fsp3) is 0.286. The number of rotatable bonds is 5. The zero-order valence-corrected chi connectivity index (χ0v) is 18.0. The number of carbonyl (C=O) groups excluding carboxylic acids is 1. The van der Waals surface area contributed by atoms with Crippen LogP contribution in [0.2, 0.25) is 0 Å². The topological polar surface area (TPSA) is 117 Å². The molecule has 3 rings (SSSR count). The third-order valence-electron chi connectivity index (χ3n) is 5.21. The van der Waals surface area contributed by atoms with Gasteiger partial charge >= 0.3 is 6.18 Å². The van der Waals surface area contributed by atoms with Gasteiger partial charge in [-0.2, -0.15) is 18.4 Å². The summed E-state index contributed by atoms with van der Waals surface area (Å²) in [4.78, 5) is 17.3. The molecule has 2 aromatic rings. The second kappa shape index (κ2) is 8.37. The number of benzene rings is 1. The van der Waals surface area contributed by atoms with Crippen LogP contribution in [0, 0.1) is 11.3 Å². The number of allylic oxidation sites excluding steroid dienone is 1. The SMILES string of the molecule is CN(C1=C(C(N)c2ccc(C#N)cc2S(C)(=O)=O)C(=O)CC1)c1ccnc(C(F)(F)F)c1. The standard InChI is InChI=1S/C21H19F3N4O3S/c1-28(13-7-8-27-18(10-13)21(22,23)24)15-5-6-16(29)19(15)20(26)14-4-3-12(11-25)9-17(14)32(2,30)31/h3-4,7-10,20H,5-6,26H2,1-2H3. The number of pyridine rings is 1. The van der Waals surface area contributed by atoms with Gasteiger partial charge in [-0.25, -0.2) is 8.42 Å². The van der Waals surface area contributed by atoms with Crippen LogP contribution in [0.3, 0.4) is 0 Å². The highest BCUT2D eigenvalue weighted by molar-refractivity contribution is 7.90. The van der Waals surface area contributed by atoms with Crippen LogP contribution in [0.4, 0.5) is 18.9 Å². The molecule has 1 aromatic heterocycles. The van der Waals surface area contributed by atoms with E-state index in [9.17, 15) is 26.4 Å². The molecule has 1 aromatic carbocycles. The molecule has 1 heterocycles. The molecular weight excluding hydrogens is 445 g/mol. The Morgan fingerprint density at radius 1 is 1.22 bits per heavy atom. The molecule has 0 bridgehead atoms. The summed E-state index contributed by atoms with van der Waals surface area (Å²) in [6.45, 7) is 0. The zero-order valence-electron chi connectivity index (χ0n) is 17.1. The minimum atomic E-state index is -4.64. The Balaban J connectivity index is 2.12. The van der Waals surface area contributed by atoms with Gasteiger partial charge in [0.25, 0.3) is 0 Å². The highest BCUT2D eigenvalue weighted by atomic mass is 32.2. The predicted octanol–water partition coefficient (Wildman–Crippen LogP) is 3.13. The molecule has 0 radical (unpaired) electrons. The fourth-order valence-corrected chi connectivity index (χ4v) is 4.60. The average Bonchev–Trinajstić information content (AvgIpc) is 3.12. The fourth-order valence-electron chi connectivity index (χ4n) is 3.64. The average molecular weight is 464 g/mol. The number of alkyl halides is 3. The van der Waals surface area contributed by atoms with Gasteiger partial charge in [-0.15, -0.1) is 0 Å². The van der Waals surface area contributed by atoms with Crippen LogP contribution in [0.15, 0.2) is 52.7 Å². The Bertz CT molecular complexity index is 1260. The third-order valence-corrected chi connectivity index (χ3v) is 6.37. The van der Waals surface area contributed by atoms with Crippen molar-refractivity contribution in [2.45, 2.75) is 30.0 Å². The number of ketones is 1. The smallest absolute Gasteiger partial charge is 0.348 e. The number of Topliss-reactive ketones (excluding diaryl/α,β-unsaturated/α-hetero) is 1. The molecule has 168 valence electrons. The van der Waals surface area contributed by atoms with E-state index in [2.05, 4.69) is 4.98 Å². The van der Waals surface area contributed by atoms with Crippen molar-refractivity contribution in [3.05, 3.63) is 64.6 Å². The number of carbonyl (C=O) groups is 1. The van der Waals surface area contributed by atoms with Crippen LogP contribution in [0.5, 0.6) is 0 Å². The number of halogens is 3. The lowest BCUT2D eigenvalue weighted by Gasteiger charge is -2.25. The van der Waals surface area contributed by atoms with Crippen LogP contribution < -0.4 is 10.6 Å². The second-order valence-electron chi connectivity index (χ2n) is 7.35. The Labute approximate surface area is 182 Å². The van der Waals surface area contributed by atoms with Crippen molar-refractivity contribution < 1.29 is 26.4 Å². The largest absolute Gasteiger partial charge is 0.433 e. The summed E-state index contributed by atoms with van der Waals surface area (Å²) in [6, 6.07) is 6.91. The Kier molecular flexibility index (Phi) is 6.13. The molecule has 2 N–H and O–H groups in total. The highest BCUT2D eigenvalue weighted by Crippen LogP contribution is 2.38. The molecule has 1 aliphatic carbocycles. The highest BCUT2D eigenvalue weighted by Gasteiger charge is 2.35. The van der Waals surface area contributed by atoms with Gasteiger partial charge in [-0.05, 0) is 36.2 Å². The minimum Gasteiger partial charge on any atom is -0.348 e. The first-order valence-electron chi connectivity index (χ1n) is 9.37. The molecule has 1 atom stereocenters. The van der Waals surface area contributed by atoms with Crippen molar-refractivity contribution in [2.24, 2.45) is 5.73 Å². The second-order valence-corrected chi connectivity index (χ2v) is 9.34. The monoisotopic (exact) mass is 464 g/mol. The number of nitriles is 1. The zero-order chi connectivity index (χ0) is 23.8. The van der Waals surface area contributed by atoms with Gasteiger partial charge in [0.05, 0.1) is 22.6 Å². The van der Waals surface area contributed by atoms with Crippen molar-refractivity contribution in [2.75, 3.05) is 18.2 Å². The lowest BCUT2D eigenvalue weighted by atomic mass is 9.96. The number of nitrogens with zero attached hydrogens (tertiary/aromatic N) is 3. The molecule has 32 heavy (non-hydrogen) atoms. The Morgan fingerprint density at radius 3 is 2.50 bits per heavy atom. The molecule has 7 nitrogen and oxygen atoms in total. The predicted molar refractivity (Wildman–Crippen MR) is 110 cm³/mol. The molecule has 0 aliphatic heterocycles. The molecule has 0 saturated heterocycles. The minimum absolute atomic E-state index is 0.0877. The number of aromatic nitrogens is 1. The molecule has 1 aliphatic rings. The molecular formula is C21H19F3N4O3S. The van der Waals surface area contributed by atoms with Crippen molar-refractivity contribution in [1.82, 2.24) is 4.98 Å². The maximum Gasteiger partial charge on any atom is 0.433 e. The van der Waals surface area contributed by atoms with Crippen molar-refractivity contribution >= 4 is 21.3 Å². The maximum atomic E-state index is 13.1. The lowest BCUT2D eigenvalue weighted by molar-refractivity contribution is -0.141. The molecule has 0 amide bonds. The summed E-state index contributed by atoms with van der Waals surface area (Å²) < 4.78 is 63.8. The van der Waals surface area contributed by atoms with Crippen LogP contribution in [0.1, 0.15) is 35.7 Å². The molecule has 1 unspecified atom stereocenters. The summed E-state index contributed by atoms with van der Waals surface area (Å²) in [7, 11) is -2.28. The quantitative estimate of drug-likeness (QED) is 0.722. The van der Waals surface area contributed by atoms with E-state index in [0.717, 1.165) is 18.5 Å². The summed E-state index contributed by atoms with van der Waals surface area (Å²) in [5.41, 5.74) is 6.18. The van der Waals surface area contributed by atoms with Crippen molar-refractivity contribution in [1.29, 1.82) is 5.26 Å². The first kappa shape index (κ1) is 23.4. The summed E-state index contributed by atoms with van der Waals surface area (Å²) in [5, 5.41) is 9.10. The van der Waals surface area contributed by atoms with Crippen LogP contribution in [0.25, 0.3) is 0 Å². The van der Waals surface area contributed by atoms with Gasteiger partial charge in [0.1, 0.15) is 5.69 Å². The van der Waals surface area contributed by atoms with E-state index in [1.54, 1.807) is 0 Å². The van der Waals surface area contributed by atoms with Crippen LogP contribution >= 0.6 is 0 Å². The van der Waals surface area contributed by atoms with Crippen LogP contribution in [-0.4, -0.2) is 32.5 Å². The van der Waals surface area contributed by atoms with Gasteiger partial charge in [0, 0.05) is 42.9 Å². The number of hydrogen-bond acceptors (Lipinski definition) is 7. The van der Waals surface area contributed by atoms with Gasteiger partial charge in [-0.1, -0.05) is 6.07 Å². The molecule has 0 fully saturated rings. The molecule has 11 heteroatoms. The van der Waals surface area contributed by atoms with E-state index in [1.165, 1.54) is 36.2 Å². The first-order chi connectivity index (χ1) is 14.8. The Hall–Kier alpha value is -3.23. The number of anilines is 1. The van der Waals surface area contributed by atoms with E-state index in [4.69, 9.17) is 11.0 Å². The normalized spacial score (nSPS) is 15.6. The number of nitrogens with two attached hydrogens (primary N) is 1. The summed E-state index contributed by atoms with van der Waals surface area (Å²) in [6.07, 6.45) is -2.33. The summed E-state index contributed by atoms with van der Waals surface area (Å²) >= 11 is 0. The third kappa shape index (κ3) is 4.51. The van der Waals surface area contributed by atoms with Gasteiger partial charge in [0.2, 0.25) is 0 Å². The van der Waals surface area contributed by atoms with E-state index in [0.29, 0.717) is 5.70 Å². The number of hydrogen-bond donors (Lipinski definition) is 1. The Morgan fingerprint density at radius 2 is 1.91 bits per heavy atom. The van der Waals surface area contributed by atoms with Crippen molar-refractivity contribution in [3.63, 3.8) is 0 Å².